The molecule has 1 atom stereocenters. The van der Waals surface area contributed by atoms with Crippen LogP contribution in [0, 0.1) is 13.8 Å². The lowest BCUT2D eigenvalue weighted by molar-refractivity contribution is 0.245. The summed E-state index contributed by atoms with van der Waals surface area (Å²) < 4.78 is 7.59. The van der Waals surface area contributed by atoms with Gasteiger partial charge >= 0.3 is 0 Å². The van der Waals surface area contributed by atoms with Crippen LogP contribution in [0.1, 0.15) is 36.5 Å². The molecule has 3 aromatic heterocycles. The Bertz CT molecular complexity index is 877. The Labute approximate surface area is 153 Å². The minimum Gasteiger partial charge on any atom is -0.466 e. The molecule has 0 amide bonds. The van der Waals surface area contributed by atoms with Gasteiger partial charge in [-0.1, -0.05) is 6.92 Å². The molecule has 7 nitrogen and oxygen atoms in total. The first kappa shape index (κ1) is 17.0. The van der Waals surface area contributed by atoms with Gasteiger partial charge in [0.25, 0.3) is 5.78 Å². The van der Waals surface area contributed by atoms with E-state index in [1.165, 1.54) is 0 Å². The summed E-state index contributed by atoms with van der Waals surface area (Å²) >= 11 is 0. The van der Waals surface area contributed by atoms with Crippen molar-refractivity contribution in [1.82, 2.24) is 24.5 Å². The van der Waals surface area contributed by atoms with Crippen LogP contribution in [-0.2, 0) is 0 Å². The van der Waals surface area contributed by atoms with E-state index in [0.29, 0.717) is 11.7 Å². The monoisotopic (exact) mass is 354 g/mol. The van der Waals surface area contributed by atoms with E-state index in [1.54, 1.807) is 6.33 Å². The standard InChI is InChI=1S/C19H26N6O/c1-14(17-5-4-16(3)26-17)6-7-23-8-10-24(11-9-23)18-12-15(2)22-19-20-13-21-25(18)19/h4-5,12-14H,6-11H2,1-3H3/t14-/m0/s1. The second kappa shape index (κ2) is 7.07. The number of fused-ring (bicyclic) bond motifs is 1. The fraction of sp³-hybridized carbons (Fsp3) is 0.526. The van der Waals surface area contributed by atoms with Crippen molar-refractivity contribution >= 4 is 11.6 Å². The highest BCUT2D eigenvalue weighted by molar-refractivity contribution is 5.47. The Morgan fingerprint density at radius 1 is 1.15 bits per heavy atom. The predicted octanol–water partition coefficient (Wildman–Crippen LogP) is 2.65. The van der Waals surface area contributed by atoms with Gasteiger partial charge in [0.05, 0.1) is 0 Å². The molecule has 1 fully saturated rings. The number of anilines is 1. The minimum atomic E-state index is 0.458. The zero-order chi connectivity index (χ0) is 18.1. The second-order valence-electron chi connectivity index (χ2n) is 7.19. The normalized spacial score (nSPS) is 17.1. The van der Waals surface area contributed by atoms with Gasteiger partial charge in [-0.3, -0.25) is 4.90 Å². The molecule has 1 aliphatic heterocycles. The molecule has 7 heteroatoms. The average Bonchev–Trinajstić information content (AvgIpc) is 3.28. The highest BCUT2D eigenvalue weighted by atomic mass is 16.3. The van der Waals surface area contributed by atoms with E-state index >= 15 is 0 Å². The molecule has 0 N–H and O–H groups in total. The minimum absolute atomic E-state index is 0.458. The third-order valence-corrected chi connectivity index (χ3v) is 5.18. The number of hydrogen-bond acceptors (Lipinski definition) is 6. The number of nitrogens with zero attached hydrogens (tertiary/aromatic N) is 6. The zero-order valence-corrected chi connectivity index (χ0v) is 15.7. The first-order valence-corrected chi connectivity index (χ1v) is 9.31. The number of hydrogen-bond donors (Lipinski definition) is 0. The largest absolute Gasteiger partial charge is 0.466 e. The van der Waals surface area contributed by atoms with Gasteiger partial charge in [-0.2, -0.15) is 14.6 Å². The summed E-state index contributed by atoms with van der Waals surface area (Å²) in [6, 6.07) is 6.25. The van der Waals surface area contributed by atoms with Crippen molar-refractivity contribution in [1.29, 1.82) is 0 Å². The van der Waals surface area contributed by atoms with Crippen LogP contribution in [0.4, 0.5) is 5.82 Å². The van der Waals surface area contributed by atoms with Crippen molar-refractivity contribution in [2.24, 2.45) is 0 Å². The molecule has 0 aromatic carbocycles. The maximum Gasteiger partial charge on any atom is 0.254 e. The highest BCUT2D eigenvalue weighted by Crippen LogP contribution is 2.23. The van der Waals surface area contributed by atoms with Crippen LogP contribution in [-0.4, -0.2) is 57.2 Å². The van der Waals surface area contributed by atoms with Crippen LogP contribution in [0.15, 0.2) is 28.9 Å². The average molecular weight is 354 g/mol. The zero-order valence-electron chi connectivity index (χ0n) is 15.7. The van der Waals surface area contributed by atoms with E-state index in [9.17, 15) is 0 Å². The van der Waals surface area contributed by atoms with Crippen molar-refractivity contribution in [3.05, 3.63) is 41.7 Å². The van der Waals surface area contributed by atoms with E-state index in [-0.39, 0.29) is 0 Å². The lowest BCUT2D eigenvalue weighted by Gasteiger charge is -2.36. The first-order chi connectivity index (χ1) is 12.6. The van der Waals surface area contributed by atoms with Crippen LogP contribution in [0.2, 0.25) is 0 Å². The molecule has 0 spiro atoms. The quantitative estimate of drug-likeness (QED) is 0.702. The number of rotatable bonds is 5. The molecule has 3 aromatic rings. The maximum absolute atomic E-state index is 5.76. The van der Waals surface area contributed by atoms with Gasteiger partial charge in [-0.05, 0) is 38.9 Å². The smallest absolute Gasteiger partial charge is 0.254 e. The second-order valence-corrected chi connectivity index (χ2v) is 7.19. The van der Waals surface area contributed by atoms with Crippen LogP contribution >= 0.6 is 0 Å². The van der Waals surface area contributed by atoms with Crippen molar-refractivity contribution < 1.29 is 4.42 Å². The van der Waals surface area contributed by atoms with Crippen molar-refractivity contribution in [2.45, 2.75) is 33.1 Å². The van der Waals surface area contributed by atoms with Crippen LogP contribution in [0.25, 0.3) is 5.78 Å². The lowest BCUT2D eigenvalue weighted by Crippen LogP contribution is -2.47. The Balaban J connectivity index is 1.34. The lowest BCUT2D eigenvalue weighted by atomic mass is 10.0. The summed E-state index contributed by atoms with van der Waals surface area (Å²) in [5, 5.41) is 4.33. The van der Waals surface area contributed by atoms with E-state index in [4.69, 9.17) is 4.42 Å². The summed E-state index contributed by atoms with van der Waals surface area (Å²) in [5.74, 6) is 4.31. The van der Waals surface area contributed by atoms with Gasteiger partial charge in [0.15, 0.2) is 0 Å². The third-order valence-electron chi connectivity index (χ3n) is 5.18. The summed E-state index contributed by atoms with van der Waals surface area (Å²) in [7, 11) is 0. The van der Waals surface area contributed by atoms with E-state index in [1.807, 2.05) is 24.4 Å². The topological polar surface area (TPSA) is 62.7 Å². The van der Waals surface area contributed by atoms with Gasteiger partial charge in [-0.15, -0.1) is 0 Å². The first-order valence-electron chi connectivity index (χ1n) is 9.31. The molecule has 1 aliphatic rings. The van der Waals surface area contributed by atoms with E-state index in [2.05, 4.69) is 43.9 Å². The number of furan rings is 1. The van der Waals surface area contributed by atoms with Gasteiger partial charge in [0, 0.05) is 43.9 Å². The molecular weight excluding hydrogens is 328 g/mol. The molecular formula is C19H26N6O. The summed E-state index contributed by atoms with van der Waals surface area (Å²) in [5.41, 5.74) is 0.977. The van der Waals surface area contributed by atoms with Crippen LogP contribution in [0.5, 0.6) is 0 Å². The van der Waals surface area contributed by atoms with E-state index in [0.717, 1.165) is 62.2 Å². The van der Waals surface area contributed by atoms with Gasteiger partial charge < -0.3 is 9.32 Å². The Hall–Kier alpha value is -2.41. The SMILES string of the molecule is Cc1cc(N2CCN(CC[C@H](C)c3ccc(C)o3)CC2)n2ncnc2n1. The maximum atomic E-state index is 5.76. The molecule has 4 rings (SSSR count). The molecule has 26 heavy (non-hydrogen) atoms. The Morgan fingerprint density at radius 2 is 1.96 bits per heavy atom. The molecule has 0 aliphatic carbocycles. The Kier molecular flexibility index (Phi) is 4.63. The van der Waals surface area contributed by atoms with Gasteiger partial charge in [-0.25, -0.2) is 4.98 Å². The summed E-state index contributed by atoms with van der Waals surface area (Å²) in [6.45, 7) is 11.5. The third kappa shape index (κ3) is 3.44. The molecule has 0 unspecified atom stereocenters. The Morgan fingerprint density at radius 3 is 2.69 bits per heavy atom. The van der Waals surface area contributed by atoms with Crippen molar-refractivity contribution in [3.8, 4) is 0 Å². The molecule has 1 saturated heterocycles. The number of aromatic nitrogens is 4. The molecule has 0 saturated carbocycles. The van der Waals surface area contributed by atoms with Gasteiger partial charge in [0.2, 0.25) is 0 Å². The molecule has 138 valence electrons. The van der Waals surface area contributed by atoms with Crippen LogP contribution in [0.3, 0.4) is 0 Å². The van der Waals surface area contributed by atoms with Gasteiger partial charge in [0.1, 0.15) is 23.7 Å². The van der Waals surface area contributed by atoms with Crippen molar-refractivity contribution in [3.63, 3.8) is 0 Å². The summed E-state index contributed by atoms with van der Waals surface area (Å²) in [6.07, 6.45) is 2.69. The number of aryl methyl sites for hydroxylation is 2. The molecule has 0 radical (unpaired) electrons. The van der Waals surface area contributed by atoms with E-state index < -0.39 is 0 Å². The van der Waals surface area contributed by atoms with Crippen LogP contribution < -0.4 is 4.90 Å². The molecule has 0 bridgehead atoms. The van der Waals surface area contributed by atoms with Crippen molar-refractivity contribution in [2.75, 3.05) is 37.6 Å². The fourth-order valence-corrected chi connectivity index (χ4v) is 3.57. The number of piperazine rings is 1. The summed E-state index contributed by atoms with van der Waals surface area (Å²) in [4.78, 5) is 13.6. The predicted molar refractivity (Wildman–Crippen MR) is 101 cm³/mol. The highest BCUT2D eigenvalue weighted by Gasteiger charge is 2.21. The fourth-order valence-electron chi connectivity index (χ4n) is 3.57. The molecule has 4 heterocycles.